The van der Waals surface area contributed by atoms with E-state index in [0.29, 0.717) is 3.71 Å². The first-order chi connectivity index (χ1) is 3.31. The summed E-state index contributed by atoms with van der Waals surface area (Å²) in [5, 5.41) is 0. The normalized spacial score (nSPS) is 13.4. The predicted octanol–water partition coefficient (Wildman–Crippen LogP) is -0.350. The van der Waals surface area contributed by atoms with Gasteiger partial charge in [0, 0.05) is 5.75 Å². The van der Waals surface area contributed by atoms with E-state index in [0.717, 1.165) is 5.75 Å². The topological polar surface area (TPSA) is 4.44 Å². The van der Waals surface area contributed by atoms with E-state index in [4.69, 9.17) is 0 Å². The second-order valence-electron chi connectivity index (χ2n) is 0.738. The molecule has 0 aromatic carbocycles. The number of hydrogen-bond donors (Lipinski definition) is 1. The summed E-state index contributed by atoms with van der Waals surface area (Å²) >= 11 is 10.5. The summed E-state index contributed by atoms with van der Waals surface area (Å²) in [4.78, 5) is 0. The summed E-state index contributed by atoms with van der Waals surface area (Å²) < 4.78 is 0.630. The molecule has 1 unspecified atom stereocenters. The molecule has 7 heavy (non-hydrogen) atoms. The van der Waals surface area contributed by atoms with Crippen molar-refractivity contribution in [3.05, 3.63) is 6.92 Å². The molecule has 0 rings (SSSR count). The zero-order chi connectivity index (χ0) is 5.70. The lowest BCUT2D eigenvalue weighted by Gasteiger charge is -2.08. The van der Waals surface area contributed by atoms with Crippen LogP contribution in [0.5, 0.6) is 0 Å². The van der Waals surface area contributed by atoms with Crippen molar-refractivity contribution in [2.75, 3.05) is 5.75 Å². The van der Waals surface area contributed by atoms with Crippen molar-refractivity contribution in [2.45, 2.75) is 0 Å². The highest BCUT2D eigenvalue weighted by Crippen LogP contribution is 1.77. The van der Waals surface area contributed by atoms with Gasteiger partial charge in [-0.3, -0.25) is 0 Å². The first-order valence-electron chi connectivity index (χ1n) is 1.65. The van der Waals surface area contributed by atoms with Gasteiger partial charge in [0.1, 0.15) is 0 Å². The summed E-state index contributed by atoms with van der Waals surface area (Å²) in [6.45, 7) is 3.56. The van der Waals surface area contributed by atoms with Crippen LogP contribution in [-0.2, 0) is 12.8 Å². The van der Waals surface area contributed by atoms with Crippen LogP contribution in [-0.4, -0.2) is 11.2 Å². The second-order valence-corrected chi connectivity index (χ2v) is 2.71. The predicted molar refractivity (Wildman–Crippen MR) is 38.7 cm³/mol. The Balaban J connectivity index is 2.98. The Labute approximate surface area is 59.1 Å². The smallest absolute Gasteiger partial charge is 0.263 e. The maximum absolute atomic E-state index is 4.66. The van der Waals surface area contributed by atoms with E-state index in [1.807, 2.05) is 0 Å². The van der Waals surface area contributed by atoms with Gasteiger partial charge in [-0.1, -0.05) is 0 Å². The molecule has 0 aliphatic heterocycles. The lowest BCUT2D eigenvalue weighted by Crippen LogP contribution is -2.98. The highest BCUT2D eigenvalue weighted by atomic mass is 32.2. The zero-order valence-corrected chi connectivity index (χ0v) is 6.09. The van der Waals surface area contributed by atoms with E-state index in [1.165, 1.54) is 11.9 Å². The number of nitrogens with one attached hydrogen (secondary N) is 1. The quantitative estimate of drug-likeness (QED) is 0.334. The van der Waals surface area contributed by atoms with Gasteiger partial charge in [0.05, 0.1) is 11.9 Å². The van der Waals surface area contributed by atoms with Crippen LogP contribution in [0, 0.1) is 6.92 Å². The molecule has 0 aliphatic carbocycles. The molecule has 0 heterocycles. The second kappa shape index (κ2) is 4.90. The summed E-state index contributed by atoms with van der Waals surface area (Å²) in [5.41, 5.74) is 2.40. The van der Waals surface area contributed by atoms with Gasteiger partial charge < -0.3 is 16.5 Å². The van der Waals surface area contributed by atoms with Crippen LogP contribution in [0.4, 0.5) is 0 Å². The van der Waals surface area contributed by atoms with E-state index < -0.39 is 0 Å². The van der Waals surface area contributed by atoms with Crippen LogP contribution in [0.25, 0.3) is 0 Å². The van der Waals surface area contributed by atoms with Gasteiger partial charge in [-0.2, -0.15) is 0 Å². The largest absolute Gasteiger partial charge is 0.474 e. The van der Waals surface area contributed by atoms with Crippen molar-refractivity contribution in [1.82, 2.24) is 0 Å². The van der Waals surface area contributed by atoms with Crippen LogP contribution in [0.2, 0.25) is 0 Å². The molecule has 40 valence electrons. The van der Waals surface area contributed by atoms with Crippen LogP contribution in [0.15, 0.2) is 0 Å². The molecule has 0 saturated heterocycles. The van der Waals surface area contributed by atoms with E-state index >= 15 is 0 Å². The monoisotopic (exact) mass is 151 g/mol. The van der Waals surface area contributed by atoms with Crippen LogP contribution in [0.3, 0.4) is 0 Å². The Bertz CT molecular complexity index is 56.1. The SMILES string of the molecule is [CH2]CS[NH+]([S-])[C]=S. The average molecular weight is 151 g/mol. The molecule has 0 bridgehead atoms. The van der Waals surface area contributed by atoms with Gasteiger partial charge >= 0.3 is 0 Å². The number of rotatable bonds is 3. The zero-order valence-electron chi connectivity index (χ0n) is 3.64. The van der Waals surface area contributed by atoms with Crippen molar-refractivity contribution in [3.8, 4) is 0 Å². The molecular weight excluding hydrogens is 146 g/mol. The number of quaternary nitrogens is 1. The lowest BCUT2D eigenvalue weighted by molar-refractivity contribution is -0.443. The van der Waals surface area contributed by atoms with Crippen LogP contribution in [0.1, 0.15) is 0 Å². The van der Waals surface area contributed by atoms with Gasteiger partial charge in [0.15, 0.2) is 0 Å². The molecule has 0 aromatic rings. The fourth-order valence-corrected chi connectivity index (χ4v) is 0.793. The third kappa shape index (κ3) is 4.61. The van der Waals surface area contributed by atoms with E-state index in [9.17, 15) is 0 Å². The number of thiocarbonyl (C=S) groups is 1. The summed E-state index contributed by atoms with van der Waals surface area (Å²) in [5.74, 6) is 0.739. The van der Waals surface area contributed by atoms with Gasteiger partial charge in [-0.05, 0) is 19.1 Å². The first kappa shape index (κ1) is 7.75. The van der Waals surface area contributed by atoms with Gasteiger partial charge in [0.2, 0.25) is 0 Å². The van der Waals surface area contributed by atoms with E-state index in [2.05, 4.69) is 37.4 Å². The molecule has 1 nitrogen and oxygen atoms in total. The Morgan fingerprint density at radius 2 is 2.57 bits per heavy atom. The third-order valence-electron chi connectivity index (χ3n) is 0.316. The van der Waals surface area contributed by atoms with Crippen molar-refractivity contribution in [1.29, 1.82) is 0 Å². The molecule has 0 amide bonds. The highest BCUT2D eigenvalue weighted by molar-refractivity contribution is 7.97. The van der Waals surface area contributed by atoms with Crippen molar-refractivity contribution >= 4 is 42.5 Å². The minimum atomic E-state index is 0.630. The van der Waals surface area contributed by atoms with Gasteiger partial charge in [0.25, 0.3) is 5.49 Å². The highest BCUT2D eigenvalue weighted by Gasteiger charge is 1.85. The maximum Gasteiger partial charge on any atom is 0.263 e. The molecule has 0 aliphatic rings. The standard InChI is InChI=1S/C3H5NS3/c1-2-7-4(6)3-5/h4H,1-2H2. The third-order valence-corrected chi connectivity index (χ3v) is 1.80. The van der Waals surface area contributed by atoms with Crippen molar-refractivity contribution in [2.24, 2.45) is 0 Å². The Morgan fingerprint density at radius 3 is 2.71 bits per heavy atom. The fourth-order valence-electron chi connectivity index (χ4n) is 0.122. The Hall–Kier alpha value is 0.750. The first-order valence-corrected chi connectivity index (χ1v) is 3.45. The molecule has 2 radical (unpaired) electrons. The number of hydrogen-bond acceptors (Lipinski definition) is 3. The fraction of sp³-hybridized carbons (Fsp3) is 0.333. The molecule has 1 N–H and O–H groups in total. The minimum absolute atomic E-state index is 0.630. The lowest BCUT2D eigenvalue weighted by atomic mass is 11.0. The molecule has 4 heteroatoms. The van der Waals surface area contributed by atoms with Gasteiger partial charge in [-0.15, -0.1) is 0 Å². The maximum atomic E-state index is 4.66. The minimum Gasteiger partial charge on any atom is -0.474 e. The molecule has 1 atom stereocenters. The Kier molecular flexibility index (Phi) is 5.42. The summed E-state index contributed by atoms with van der Waals surface area (Å²) in [7, 11) is 0. The van der Waals surface area contributed by atoms with Crippen LogP contribution >= 0.6 is 24.2 Å². The van der Waals surface area contributed by atoms with E-state index in [1.54, 1.807) is 0 Å². The Morgan fingerprint density at radius 1 is 2.00 bits per heavy atom. The van der Waals surface area contributed by atoms with Crippen molar-refractivity contribution in [3.63, 3.8) is 0 Å². The molecular formula is C3H5NS3. The average Bonchev–Trinajstić information content (AvgIpc) is 1.68. The molecule has 0 spiro atoms. The van der Waals surface area contributed by atoms with E-state index in [-0.39, 0.29) is 0 Å². The molecule has 0 aromatic heterocycles. The summed E-state index contributed by atoms with van der Waals surface area (Å²) in [6, 6.07) is 0. The summed E-state index contributed by atoms with van der Waals surface area (Å²) in [6.07, 6.45) is 0. The van der Waals surface area contributed by atoms with Crippen LogP contribution < -0.4 is 3.71 Å². The molecule has 0 saturated carbocycles. The van der Waals surface area contributed by atoms with Crippen molar-refractivity contribution < 1.29 is 3.71 Å². The van der Waals surface area contributed by atoms with Gasteiger partial charge in [-0.25, -0.2) is 0 Å². The molecule has 0 fully saturated rings.